The van der Waals surface area contributed by atoms with E-state index in [1.165, 1.54) is 64.2 Å². The third-order valence-electron chi connectivity index (χ3n) is 5.40. The van der Waals surface area contributed by atoms with Crippen LogP contribution in [-0.2, 0) is 0 Å². The summed E-state index contributed by atoms with van der Waals surface area (Å²) in [5.74, 6) is 0.235. The van der Waals surface area contributed by atoms with E-state index < -0.39 is 0 Å². The molecule has 0 aromatic carbocycles. The molecule has 1 aromatic rings. The van der Waals surface area contributed by atoms with Gasteiger partial charge in [-0.1, -0.05) is 90.9 Å². The van der Waals surface area contributed by atoms with Crippen molar-refractivity contribution >= 4 is 11.6 Å². The summed E-state index contributed by atoms with van der Waals surface area (Å²) in [7, 11) is 0. The summed E-state index contributed by atoms with van der Waals surface area (Å²) >= 11 is 0. The highest BCUT2D eigenvalue weighted by atomic mass is 16.1. The van der Waals surface area contributed by atoms with E-state index in [9.17, 15) is 9.59 Å². The number of pyridine rings is 1. The van der Waals surface area contributed by atoms with Gasteiger partial charge in [-0.25, -0.2) is 0 Å². The molecule has 0 spiro atoms. The van der Waals surface area contributed by atoms with E-state index in [0.717, 1.165) is 25.7 Å². The fourth-order valence-corrected chi connectivity index (χ4v) is 3.52. The number of carbonyl (C=O) groups excluding carboxylic acids is 2. The molecule has 0 amide bonds. The van der Waals surface area contributed by atoms with Crippen molar-refractivity contribution in [2.75, 3.05) is 0 Å². The molecular weight excluding hydrogens is 346 g/mol. The third kappa shape index (κ3) is 11.4. The van der Waals surface area contributed by atoms with Crippen LogP contribution in [0.2, 0.25) is 0 Å². The van der Waals surface area contributed by atoms with Crippen LogP contribution in [0.3, 0.4) is 0 Å². The van der Waals surface area contributed by atoms with Gasteiger partial charge in [0.15, 0.2) is 11.6 Å². The van der Waals surface area contributed by atoms with Gasteiger partial charge in [0, 0.05) is 36.4 Å². The van der Waals surface area contributed by atoms with Crippen molar-refractivity contribution in [1.29, 1.82) is 0 Å². The molecule has 0 N–H and O–H groups in total. The Morgan fingerprint density at radius 3 is 1.36 bits per heavy atom. The molecule has 1 rings (SSSR count). The van der Waals surface area contributed by atoms with Crippen LogP contribution in [0.5, 0.6) is 0 Å². The summed E-state index contributed by atoms with van der Waals surface area (Å²) in [5.41, 5.74) is 1.19. The fraction of sp³-hybridized carbons (Fsp3) is 0.720. The zero-order valence-corrected chi connectivity index (χ0v) is 18.3. The standard InChI is InChI=1S/C25H41NO2/c1-3-5-7-9-11-13-15-17-24(27)22-19-23(21-26-20-22)25(28)18-16-14-12-10-8-6-4-2/h19-21H,3-18H2,1-2H3. The lowest BCUT2D eigenvalue weighted by atomic mass is 10.0. The van der Waals surface area contributed by atoms with Crippen molar-refractivity contribution in [1.82, 2.24) is 4.98 Å². The number of rotatable bonds is 18. The SMILES string of the molecule is CCCCCCCCCC(=O)c1cncc(C(=O)CCCCCCCCC)c1. The van der Waals surface area contributed by atoms with E-state index in [0.29, 0.717) is 24.0 Å². The largest absolute Gasteiger partial charge is 0.294 e. The summed E-state index contributed by atoms with van der Waals surface area (Å²) in [6, 6.07) is 1.75. The van der Waals surface area contributed by atoms with E-state index in [2.05, 4.69) is 18.8 Å². The number of ketones is 2. The molecule has 1 heterocycles. The number of unbranched alkanes of at least 4 members (excludes halogenated alkanes) is 12. The Bertz CT molecular complexity index is 508. The molecule has 0 atom stereocenters. The molecule has 0 unspecified atom stereocenters. The Labute approximate surface area is 172 Å². The summed E-state index contributed by atoms with van der Waals surface area (Å²) < 4.78 is 0. The second kappa shape index (κ2) is 16.4. The van der Waals surface area contributed by atoms with E-state index in [-0.39, 0.29) is 11.6 Å². The fourth-order valence-electron chi connectivity index (χ4n) is 3.52. The number of Topliss-reactive ketones (excluding diaryl/α,β-unsaturated/α-hetero) is 2. The predicted molar refractivity (Wildman–Crippen MR) is 118 cm³/mol. The van der Waals surface area contributed by atoms with Crippen LogP contribution < -0.4 is 0 Å². The normalized spacial score (nSPS) is 10.9. The molecule has 0 saturated heterocycles. The van der Waals surface area contributed by atoms with Gasteiger partial charge in [-0.3, -0.25) is 14.6 Å². The van der Waals surface area contributed by atoms with Crippen molar-refractivity contribution in [3.63, 3.8) is 0 Å². The minimum Gasteiger partial charge on any atom is -0.294 e. The monoisotopic (exact) mass is 387 g/mol. The van der Waals surface area contributed by atoms with Crippen LogP contribution in [0.1, 0.15) is 137 Å². The number of hydrogen-bond acceptors (Lipinski definition) is 3. The topological polar surface area (TPSA) is 47.0 Å². The Morgan fingerprint density at radius 2 is 0.964 bits per heavy atom. The Hall–Kier alpha value is -1.51. The van der Waals surface area contributed by atoms with Crippen LogP contribution in [0.4, 0.5) is 0 Å². The van der Waals surface area contributed by atoms with Crippen LogP contribution in [0.15, 0.2) is 18.5 Å². The molecule has 0 radical (unpaired) electrons. The molecule has 1 aromatic heterocycles. The maximum Gasteiger partial charge on any atom is 0.164 e. The maximum atomic E-state index is 12.4. The van der Waals surface area contributed by atoms with Gasteiger partial charge >= 0.3 is 0 Å². The zero-order valence-electron chi connectivity index (χ0n) is 18.3. The second-order valence-corrected chi connectivity index (χ2v) is 8.05. The molecule has 0 saturated carbocycles. The average Bonchev–Trinajstić information content (AvgIpc) is 2.72. The Balaban J connectivity index is 2.27. The summed E-state index contributed by atoms with van der Waals surface area (Å²) in [4.78, 5) is 28.9. The van der Waals surface area contributed by atoms with Gasteiger partial charge in [0.05, 0.1) is 0 Å². The quantitative estimate of drug-likeness (QED) is 0.191. The van der Waals surface area contributed by atoms with Crippen molar-refractivity contribution < 1.29 is 9.59 Å². The van der Waals surface area contributed by atoms with Gasteiger partial charge in [0.1, 0.15) is 0 Å². The summed E-state index contributed by atoms with van der Waals surface area (Å²) in [5, 5.41) is 0. The van der Waals surface area contributed by atoms with Gasteiger partial charge in [-0.15, -0.1) is 0 Å². The zero-order chi connectivity index (χ0) is 20.5. The number of carbonyl (C=O) groups is 2. The molecular formula is C25H41NO2. The molecule has 0 bridgehead atoms. The van der Waals surface area contributed by atoms with Crippen LogP contribution in [0.25, 0.3) is 0 Å². The van der Waals surface area contributed by atoms with Gasteiger partial charge < -0.3 is 0 Å². The van der Waals surface area contributed by atoms with E-state index in [4.69, 9.17) is 0 Å². The summed E-state index contributed by atoms with van der Waals surface area (Å²) in [6.07, 6.45) is 21.1. The summed E-state index contributed by atoms with van der Waals surface area (Å²) in [6.45, 7) is 4.44. The number of nitrogens with zero attached hydrogens (tertiary/aromatic N) is 1. The van der Waals surface area contributed by atoms with Gasteiger partial charge in [-0.2, -0.15) is 0 Å². The smallest absolute Gasteiger partial charge is 0.164 e. The van der Waals surface area contributed by atoms with Crippen molar-refractivity contribution in [2.24, 2.45) is 0 Å². The molecule has 158 valence electrons. The number of aromatic nitrogens is 1. The lowest BCUT2D eigenvalue weighted by molar-refractivity contribution is 0.0978. The average molecular weight is 388 g/mol. The van der Waals surface area contributed by atoms with Gasteiger partial charge in [0.2, 0.25) is 0 Å². The molecule has 0 fully saturated rings. The second-order valence-electron chi connectivity index (χ2n) is 8.05. The van der Waals surface area contributed by atoms with E-state index in [1.54, 1.807) is 18.5 Å². The minimum atomic E-state index is 0.117. The first kappa shape index (κ1) is 24.5. The molecule has 28 heavy (non-hydrogen) atoms. The Morgan fingerprint density at radius 1 is 0.607 bits per heavy atom. The van der Waals surface area contributed by atoms with Crippen LogP contribution in [0, 0.1) is 0 Å². The van der Waals surface area contributed by atoms with Crippen molar-refractivity contribution in [3.05, 3.63) is 29.6 Å². The van der Waals surface area contributed by atoms with Crippen molar-refractivity contribution in [2.45, 2.75) is 117 Å². The highest BCUT2D eigenvalue weighted by molar-refractivity contribution is 6.00. The molecule has 3 nitrogen and oxygen atoms in total. The molecule has 0 aliphatic heterocycles. The van der Waals surface area contributed by atoms with Crippen LogP contribution >= 0.6 is 0 Å². The highest BCUT2D eigenvalue weighted by Gasteiger charge is 2.11. The minimum absolute atomic E-state index is 0.117. The van der Waals surface area contributed by atoms with E-state index >= 15 is 0 Å². The first-order valence-corrected chi connectivity index (χ1v) is 11.7. The first-order chi connectivity index (χ1) is 13.7. The van der Waals surface area contributed by atoms with E-state index in [1.807, 2.05) is 0 Å². The lowest BCUT2D eigenvalue weighted by Gasteiger charge is -2.05. The van der Waals surface area contributed by atoms with Crippen molar-refractivity contribution in [3.8, 4) is 0 Å². The molecule has 0 aliphatic rings. The Kier molecular flexibility index (Phi) is 14.4. The lowest BCUT2D eigenvalue weighted by Crippen LogP contribution is -2.05. The predicted octanol–water partition coefficient (Wildman–Crippen LogP) is 7.73. The van der Waals surface area contributed by atoms with Gasteiger partial charge in [-0.05, 0) is 18.9 Å². The third-order valence-corrected chi connectivity index (χ3v) is 5.40. The first-order valence-electron chi connectivity index (χ1n) is 11.7. The molecule has 0 aliphatic carbocycles. The molecule has 3 heteroatoms. The number of hydrogen-bond donors (Lipinski definition) is 0. The maximum absolute atomic E-state index is 12.4. The van der Waals surface area contributed by atoms with Gasteiger partial charge in [0.25, 0.3) is 0 Å². The van der Waals surface area contributed by atoms with Crippen LogP contribution in [-0.4, -0.2) is 16.6 Å². The highest BCUT2D eigenvalue weighted by Crippen LogP contribution is 2.15.